The lowest BCUT2D eigenvalue weighted by Gasteiger charge is -2.31. The third kappa shape index (κ3) is 4.53. The molecule has 2 amide bonds. The molecular weight excluding hydrogens is 406 g/mol. The summed E-state index contributed by atoms with van der Waals surface area (Å²) in [6.07, 6.45) is 2.58. The Balaban J connectivity index is 1.30. The molecule has 1 saturated heterocycles. The number of piperidine rings is 1. The van der Waals surface area contributed by atoms with E-state index in [9.17, 15) is 9.59 Å². The number of ether oxygens (including phenoxy) is 1. The smallest absolute Gasteiger partial charge is 0.257 e. The Kier molecular flexibility index (Phi) is 6.01. The van der Waals surface area contributed by atoms with Crippen LogP contribution in [0.3, 0.4) is 0 Å². The molecule has 1 aliphatic heterocycles. The molecule has 1 aromatic carbocycles. The van der Waals surface area contributed by atoms with E-state index in [1.54, 1.807) is 22.7 Å². The lowest BCUT2D eigenvalue weighted by atomic mass is 10.00. The molecule has 1 aliphatic rings. The predicted molar refractivity (Wildman–Crippen MR) is 118 cm³/mol. The highest BCUT2D eigenvalue weighted by atomic mass is 32.1. The van der Waals surface area contributed by atoms with Crippen LogP contribution in [0.2, 0.25) is 0 Å². The van der Waals surface area contributed by atoms with Crippen molar-refractivity contribution in [2.45, 2.75) is 33.1 Å². The number of carbonyl (C=O) groups excluding carboxylic acids is 2. The molecule has 6 nitrogen and oxygen atoms in total. The Labute approximate surface area is 177 Å². The highest BCUT2D eigenvalue weighted by molar-refractivity contribution is 7.21. The molecule has 0 radical (unpaired) electrons. The number of thiazole rings is 1. The van der Waals surface area contributed by atoms with E-state index in [4.69, 9.17) is 4.74 Å². The number of rotatable bonds is 6. The topological polar surface area (TPSA) is 71.5 Å². The Morgan fingerprint density at radius 3 is 3.10 bits per heavy atom. The average molecular weight is 432 g/mol. The Hall–Kier alpha value is -2.19. The van der Waals surface area contributed by atoms with Crippen LogP contribution in [0.15, 0.2) is 17.5 Å². The van der Waals surface area contributed by atoms with Gasteiger partial charge in [-0.25, -0.2) is 4.98 Å². The number of thiophene rings is 1. The summed E-state index contributed by atoms with van der Waals surface area (Å²) >= 11 is 3.25. The first-order chi connectivity index (χ1) is 14.0. The summed E-state index contributed by atoms with van der Waals surface area (Å²) in [5.74, 6) is 1.16. The van der Waals surface area contributed by atoms with Crippen LogP contribution in [0, 0.1) is 12.8 Å². The zero-order valence-electron chi connectivity index (χ0n) is 16.7. The van der Waals surface area contributed by atoms with E-state index in [-0.39, 0.29) is 18.4 Å². The van der Waals surface area contributed by atoms with Gasteiger partial charge in [0.25, 0.3) is 5.91 Å². The molecule has 0 aliphatic carbocycles. The van der Waals surface area contributed by atoms with Gasteiger partial charge in [0.15, 0.2) is 6.61 Å². The fourth-order valence-electron chi connectivity index (χ4n) is 3.78. The molecule has 0 bridgehead atoms. The van der Waals surface area contributed by atoms with E-state index in [0.717, 1.165) is 44.8 Å². The number of hydrogen-bond donors (Lipinski definition) is 1. The molecule has 4 rings (SSSR count). The molecular formula is C21H25N3O3S2. The molecule has 29 heavy (non-hydrogen) atoms. The summed E-state index contributed by atoms with van der Waals surface area (Å²) in [5, 5.41) is 6.80. The zero-order valence-corrected chi connectivity index (χ0v) is 18.3. The van der Waals surface area contributed by atoms with Gasteiger partial charge in [0.2, 0.25) is 5.91 Å². The second kappa shape index (κ2) is 8.67. The van der Waals surface area contributed by atoms with Crippen molar-refractivity contribution in [2.75, 3.05) is 26.2 Å². The number of nitrogens with zero attached hydrogens (tertiary/aromatic N) is 2. The van der Waals surface area contributed by atoms with Gasteiger partial charge in [0.05, 0.1) is 19.9 Å². The Morgan fingerprint density at radius 2 is 2.28 bits per heavy atom. The molecule has 3 heterocycles. The van der Waals surface area contributed by atoms with E-state index in [1.807, 2.05) is 29.3 Å². The van der Waals surface area contributed by atoms with Crippen LogP contribution in [-0.4, -0.2) is 47.9 Å². The van der Waals surface area contributed by atoms with E-state index in [1.165, 1.54) is 6.42 Å². The Morgan fingerprint density at radius 1 is 1.41 bits per heavy atom. The summed E-state index contributed by atoms with van der Waals surface area (Å²) in [6.45, 7) is 6.09. The van der Waals surface area contributed by atoms with Crippen LogP contribution < -0.4 is 10.1 Å². The lowest BCUT2D eigenvalue weighted by molar-refractivity contribution is -0.132. The number of fused-ring (bicyclic) bond motifs is 3. The van der Waals surface area contributed by atoms with Crippen molar-refractivity contribution >= 4 is 54.8 Å². The third-order valence-corrected chi connectivity index (χ3v) is 7.04. The number of aromatic nitrogens is 1. The summed E-state index contributed by atoms with van der Waals surface area (Å²) in [5.41, 5.74) is 1.000. The van der Waals surface area contributed by atoms with Gasteiger partial charge < -0.3 is 15.0 Å². The number of hydrogen-bond acceptors (Lipinski definition) is 6. The van der Waals surface area contributed by atoms with Gasteiger partial charge in [0, 0.05) is 37.5 Å². The molecule has 1 unspecified atom stereocenters. The second-order valence-electron chi connectivity index (χ2n) is 7.59. The lowest BCUT2D eigenvalue weighted by Crippen LogP contribution is -2.41. The van der Waals surface area contributed by atoms with Gasteiger partial charge in [-0.15, -0.1) is 22.7 Å². The van der Waals surface area contributed by atoms with E-state index in [2.05, 4.69) is 17.2 Å². The molecule has 154 valence electrons. The Bertz CT molecular complexity index is 1040. The molecule has 8 heteroatoms. The average Bonchev–Trinajstić information content (AvgIpc) is 3.31. The van der Waals surface area contributed by atoms with Gasteiger partial charge in [-0.1, -0.05) is 6.92 Å². The predicted octanol–water partition coefficient (Wildman–Crippen LogP) is 3.96. The third-order valence-electron chi connectivity index (χ3n) is 5.20. The monoisotopic (exact) mass is 431 g/mol. The highest BCUT2D eigenvalue weighted by Crippen LogP contribution is 2.38. The summed E-state index contributed by atoms with van der Waals surface area (Å²) in [6, 6.07) is 3.96. The SMILES string of the molecule is Cc1nc2c(cc(OCC(=O)NCCC(=O)N3CCCC(C)C3)c3ccsc32)s1. The van der Waals surface area contributed by atoms with Crippen molar-refractivity contribution in [1.29, 1.82) is 0 Å². The number of likely N-dealkylation sites (tertiary alicyclic amines) is 1. The number of benzene rings is 1. The van der Waals surface area contributed by atoms with Crippen LogP contribution in [0.1, 0.15) is 31.2 Å². The molecule has 1 atom stereocenters. The minimum Gasteiger partial charge on any atom is -0.483 e. The van der Waals surface area contributed by atoms with Gasteiger partial charge in [-0.3, -0.25) is 9.59 Å². The van der Waals surface area contributed by atoms with Crippen molar-refractivity contribution in [3.63, 3.8) is 0 Å². The minimum absolute atomic E-state index is 0.0663. The van der Waals surface area contributed by atoms with Crippen LogP contribution in [0.25, 0.3) is 20.3 Å². The van der Waals surface area contributed by atoms with Crippen molar-refractivity contribution in [3.05, 3.63) is 22.5 Å². The second-order valence-corrected chi connectivity index (χ2v) is 9.74. The first kappa shape index (κ1) is 20.1. The van der Waals surface area contributed by atoms with Crippen LogP contribution >= 0.6 is 22.7 Å². The van der Waals surface area contributed by atoms with Gasteiger partial charge in [-0.2, -0.15) is 0 Å². The van der Waals surface area contributed by atoms with Gasteiger partial charge in [-0.05, 0) is 37.1 Å². The molecule has 1 N–H and O–H groups in total. The maximum Gasteiger partial charge on any atom is 0.257 e. The number of carbonyl (C=O) groups is 2. The fraction of sp³-hybridized carbons (Fsp3) is 0.476. The maximum atomic E-state index is 12.3. The maximum absolute atomic E-state index is 12.3. The molecule has 0 saturated carbocycles. The van der Waals surface area contributed by atoms with Crippen molar-refractivity contribution < 1.29 is 14.3 Å². The zero-order chi connectivity index (χ0) is 20.4. The normalized spacial score (nSPS) is 17.0. The van der Waals surface area contributed by atoms with Gasteiger partial charge >= 0.3 is 0 Å². The summed E-state index contributed by atoms with van der Waals surface area (Å²) in [7, 11) is 0. The highest BCUT2D eigenvalue weighted by Gasteiger charge is 2.20. The molecule has 3 aromatic rings. The van der Waals surface area contributed by atoms with E-state index < -0.39 is 0 Å². The number of nitrogens with one attached hydrogen (secondary N) is 1. The van der Waals surface area contributed by atoms with Crippen LogP contribution in [0.4, 0.5) is 0 Å². The van der Waals surface area contributed by atoms with Gasteiger partial charge in [0.1, 0.15) is 5.75 Å². The number of amides is 2. The first-order valence-electron chi connectivity index (χ1n) is 9.96. The summed E-state index contributed by atoms with van der Waals surface area (Å²) in [4.78, 5) is 31.0. The largest absolute Gasteiger partial charge is 0.483 e. The van der Waals surface area contributed by atoms with Crippen molar-refractivity contribution in [3.8, 4) is 5.75 Å². The quantitative estimate of drug-likeness (QED) is 0.641. The van der Waals surface area contributed by atoms with E-state index >= 15 is 0 Å². The van der Waals surface area contributed by atoms with Crippen LogP contribution in [-0.2, 0) is 9.59 Å². The van der Waals surface area contributed by atoms with Crippen molar-refractivity contribution in [2.24, 2.45) is 5.92 Å². The molecule has 0 spiro atoms. The molecule has 1 fully saturated rings. The fourth-order valence-corrected chi connectivity index (χ4v) is 5.62. The van der Waals surface area contributed by atoms with E-state index in [0.29, 0.717) is 24.6 Å². The number of aryl methyl sites for hydroxylation is 1. The standard InChI is InChI=1S/C21H25N3O3S2/c1-13-4-3-8-24(11-13)19(26)5-7-22-18(25)12-27-16-10-17-20(23-14(2)29-17)21-15(16)6-9-28-21/h6,9-10,13H,3-5,7-8,11-12H2,1-2H3,(H,22,25). The summed E-state index contributed by atoms with van der Waals surface area (Å²) < 4.78 is 7.97. The minimum atomic E-state index is -0.214. The first-order valence-corrected chi connectivity index (χ1v) is 11.7. The van der Waals surface area contributed by atoms with Crippen molar-refractivity contribution in [1.82, 2.24) is 15.2 Å². The molecule has 2 aromatic heterocycles. The van der Waals surface area contributed by atoms with Crippen LogP contribution in [0.5, 0.6) is 5.75 Å².